The average molecular weight is 305 g/mol. The van der Waals surface area contributed by atoms with Crippen molar-refractivity contribution in [1.82, 2.24) is 9.59 Å². The number of nitrogen functional groups attached to an aromatic ring is 1. The molecule has 3 N–H and O–H groups in total. The van der Waals surface area contributed by atoms with E-state index in [1.807, 2.05) is 0 Å². The second kappa shape index (κ2) is 4.71. The van der Waals surface area contributed by atoms with Crippen molar-refractivity contribution < 1.29 is 8.42 Å². The van der Waals surface area contributed by atoms with Gasteiger partial charge in [0.1, 0.15) is 5.00 Å². The number of nitrogens with one attached hydrogen (secondary N) is 1. The van der Waals surface area contributed by atoms with Crippen molar-refractivity contribution in [3.05, 3.63) is 28.9 Å². The zero-order chi connectivity index (χ0) is 13.3. The van der Waals surface area contributed by atoms with E-state index in [9.17, 15) is 8.42 Å². The molecule has 0 saturated carbocycles. The van der Waals surface area contributed by atoms with Crippen LogP contribution in [0.25, 0.3) is 0 Å². The van der Waals surface area contributed by atoms with E-state index >= 15 is 0 Å². The maximum absolute atomic E-state index is 12.1. The van der Waals surface area contributed by atoms with Gasteiger partial charge in [0, 0.05) is 11.5 Å². The lowest BCUT2D eigenvalue weighted by Gasteiger charge is -2.10. The van der Waals surface area contributed by atoms with Gasteiger partial charge in [0.05, 0.1) is 21.8 Å². The molecule has 9 heteroatoms. The van der Waals surface area contributed by atoms with Gasteiger partial charge in [-0.05, 0) is 24.6 Å². The first-order chi connectivity index (χ1) is 8.40. The molecule has 0 spiro atoms. The van der Waals surface area contributed by atoms with Crippen LogP contribution in [-0.2, 0) is 10.0 Å². The van der Waals surface area contributed by atoms with Crippen LogP contribution in [0.5, 0.6) is 0 Å². The standard InChI is InChI=1S/C9H9ClN4O2S2/c1-5-2-6(10)7(11)3-8(5)18(15,16)13-9-4-12-14-17-9/h2-4,13H,11H2,1H3. The van der Waals surface area contributed by atoms with E-state index in [0.29, 0.717) is 15.6 Å². The van der Waals surface area contributed by atoms with E-state index in [1.54, 1.807) is 6.92 Å². The van der Waals surface area contributed by atoms with Crippen LogP contribution in [0.3, 0.4) is 0 Å². The summed E-state index contributed by atoms with van der Waals surface area (Å²) in [5.41, 5.74) is 6.34. The summed E-state index contributed by atoms with van der Waals surface area (Å²) < 4.78 is 30.2. The van der Waals surface area contributed by atoms with Crippen LogP contribution in [0.1, 0.15) is 5.56 Å². The van der Waals surface area contributed by atoms with E-state index in [4.69, 9.17) is 17.3 Å². The molecule has 0 fully saturated rings. The Morgan fingerprint density at radius 2 is 2.17 bits per heavy atom. The molecule has 0 aliphatic heterocycles. The highest BCUT2D eigenvalue weighted by Crippen LogP contribution is 2.27. The first kappa shape index (κ1) is 13.1. The highest BCUT2D eigenvalue weighted by molar-refractivity contribution is 7.93. The summed E-state index contributed by atoms with van der Waals surface area (Å²) in [7, 11) is -3.71. The quantitative estimate of drug-likeness (QED) is 0.844. The van der Waals surface area contributed by atoms with Crippen LogP contribution in [0.2, 0.25) is 5.02 Å². The number of hydrogen-bond acceptors (Lipinski definition) is 6. The van der Waals surface area contributed by atoms with Gasteiger partial charge in [-0.3, -0.25) is 4.72 Å². The Morgan fingerprint density at radius 3 is 2.78 bits per heavy atom. The van der Waals surface area contributed by atoms with Gasteiger partial charge in [-0.25, -0.2) is 8.42 Å². The fourth-order valence-corrected chi connectivity index (χ4v) is 3.52. The Morgan fingerprint density at radius 1 is 1.44 bits per heavy atom. The number of rotatable bonds is 3. The number of benzene rings is 1. The van der Waals surface area contributed by atoms with Crippen LogP contribution in [-0.4, -0.2) is 18.0 Å². The minimum atomic E-state index is -3.71. The molecule has 1 aromatic heterocycles. The SMILES string of the molecule is Cc1cc(Cl)c(N)cc1S(=O)(=O)Nc1cnns1. The molecule has 0 atom stereocenters. The molecule has 1 aromatic carbocycles. The van der Waals surface area contributed by atoms with Crippen molar-refractivity contribution in [2.75, 3.05) is 10.5 Å². The first-order valence-electron chi connectivity index (χ1n) is 4.76. The summed E-state index contributed by atoms with van der Waals surface area (Å²) in [5.74, 6) is 0. The van der Waals surface area contributed by atoms with Crippen molar-refractivity contribution in [3.8, 4) is 0 Å². The number of hydrogen-bond donors (Lipinski definition) is 2. The molecule has 0 bridgehead atoms. The molecule has 0 aliphatic rings. The highest BCUT2D eigenvalue weighted by Gasteiger charge is 2.19. The highest BCUT2D eigenvalue weighted by atomic mass is 35.5. The van der Waals surface area contributed by atoms with Gasteiger partial charge in [-0.2, -0.15) is 0 Å². The topological polar surface area (TPSA) is 98.0 Å². The van der Waals surface area contributed by atoms with Crippen molar-refractivity contribution in [2.45, 2.75) is 11.8 Å². The molecule has 0 saturated heterocycles. The molecular formula is C9H9ClN4O2S2. The summed E-state index contributed by atoms with van der Waals surface area (Å²) >= 11 is 6.77. The Labute approximate surface area is 113 Å². The Bertz CT molecular complexity index is 670. The second-order valence-electron chi connectivity index (χ2n) is 3.53. The zero-order valence-electron chi connectivity index (χ0n) is 9.21. The van der Waals surface area contributed by atoms with E-state index in [0.717, 1.165) is 11.5 Å². The molecule has 18 heavy (non-hydrogen) atoms. The summed E-state index contributed by atoms with van der Waals surface area (Å²) in [6, 6.07) is 2.84. The predicted molar refractivity (Wildman–Crippen MR) is 71.3 cm³/mol. The normalized spacial score (nSPS) is 11.4. The molecule has 0 unspecified atom stereocenters. The Balaban J connectivity index is 2.44. The number of nitrogens with zero attached hydrogens (tertiary/aromatic N) is 2. The van der Waals surface area contributed by atoms with Crippen molar-refractivity contribution in [1.29, 1.82) is 0 Å². The number of aryl methyl sites for hydroxylation is 1. The van der Waals surface area contributed by atoms with Crippen LogP contribution in [0.4, 0.5) is 10.7 Å². The Kier molecular flexibility index (Phi) is 3.42. The second-order valence-corrected chi connectivity index (χ2v) is 6.37. The summed E-state index contributed by atoms with van der Waals surface area (Å²) in [4.78, 5) is 0.0813. The number of nitrogens with two attached hydrogens (primary N) is 1. The maximum Gasteiger partial charge on any atom is 0.262 e. The third kappa shape index (κ3) is 2.55. The van der Waals surface area contributed by atoms with E-state index in [1.165, 1.54) is 18.3 Å². The third-order valence-electron chi connectivity index (χ3n) is 2.18. The fourth-order valence-electron chi connectivity index (χ4n) is 1.36. The fraction of sp³-hybridized carbons (Fsp3) is 0.111. The third-order valence-corrected chi connectivity index (χ3v) is 4.72. The lowest BCUT2D eigenvalue weighted by Crippen LogP contribution is -2.14. The van der Waals surface area contributed by atoms with Crippen LogP contribution in [0, 0.1) is 6.92 Å². The van der Waals surface area contributed by atoms with Gasteiger partial charge in [0.15, 0.2) is 0 Å². The summed E-state index contributed by atoms with van der Waals surface area (Å²) in [6.45, 7) is 1.64. The van der Waals surface area contributed by atoms with Gasteiger partial charge >= 0.3 is 0 Å². The number of sulfonamides is 1. The average Bonchev–Trinajstić information content (AvgIpc) is 2.75. The van der Waals surface area contributed by atoms with Crippen molar-refractivity contribution in [2.24, 2.45) is 0 Å². The molecule has 2 rings (SSSR count). The maximum atomic E-state index is 12.1. The van der Waals surface area contributed by atoms with Crippen LogP contribution in [0.15, 0.2) is 23.2 Å². The molecular weight excluding hydrogens is 296 g/mol. The molecule has 2 aromatic rings. The predicted octanol–water partition coefficient (Wildman–Crippen LogP) is 1.88. The van der Waals surface area contributed by atoms with Gasteiger partial charge in [-0.1, -0.05) is 16.1 Å². The van der Waals surface area contributed by atoms with Gasteiger partial charge in [0.2, 0.25) is 0 Å². The van der Waals surface area contributed by atoms with Gasteiger partial charge in [0.25, 0.3) is 10.0 Å². The summed E-state index contributed by atoms with van der Waals surface area (Å²) in [6.07, 6.45) is 1.33. The number of halogens is 1. The lowest BCUT2D eigenvalue weighted by atomic mass is 10.2. The van der Waals surface area contributed by atoms with E-state index in [-0.39, 0.29) is 10.6 Å². The smallest absolute Gasteiger partial charge is 0.262 e. The van der Waals surface area contributed by atoms with E-state index in [2.05, 4.69) is 14.3 Å². The van der Waals surface area contributed by atoms with E-state index < -0.39 is 10.0 Å². The number of aromatic nitrogens is 2. The summed E-state index contributed by atoms with van der Waals surface area (Å²) in [5, 5.41) is 4.21. The minimum Gasteiger partial charge on any atom is -0.397 e. The zero-order valence-corrected chi connectivity index (χ0v) is 11.6. The first-order valence-corrected chi connectivity index (χ1v) is 7.39. The monoisotopic (exact) mass is 304 g/mol. The number of anilines is 2. The molecule has 96 valence electrons. The lowest BCUT2D eigenvalue weighted by molar-refractivity contribution is 0.601. The van der Waals surface area contributed by atoms with Gasteiger partial charge < -0.3 is 5.73 Å². The Hall–Kier alpha value is -1.38. The molecule has 0 aliphatic carbocycles. The van der Waals surface area contributed by atoms with Crippen LogP contribution >= 0.6 is 23.1 Å². The molecule has 6 nitrogen and oxygen atoms in total. The van der Waals surface area contributed by atoms with Crippen LogP contribution < -0.4 is 10.5 Å². The molecule has 0 radical (unpaired) electrons. The van der Waals surface area contributed by atoms with Gasteiger partial charge in [-0.15, -0.1) is 5.10 Å². The molecule has 1 heterocycles. The largest absolute Gasteiger partial charge is 0.397 e. The molecule has 0 amide bonds. The van der Waals surface area contributed by atoms with Crippen molar-refractivity contribution in [3.63, 3.8) is 0 Å². The minimum absolute atomic E-state index is 0.0813. The van der Waals surface area contributed by atoms with Crippen molar-refractivity contribution >= 4 is 43.8 Å².